The van der Waals surface area contributed by atoms with Crippen molar-refractivity contribution in [3.63, 3.8) is 0 Å². The highest BCUT2D eigenvalue weighted by atomic mass is 16.2. The number of hydrogen-bond donors (Lipinski definition) is 0. The van der Waals surface area contributed by atoms with Gasteiger partial charge in [-0.3, -0.25) is 19.7 Å². The van der Waals surface area contributed by atoms with E-state index in [9.17, 15) is 4.79 Å². The number of nitrogens with zero attached hydrogens (tertiary/aromatic N) is 4. The average Bonchev–Trinajstić information content (AvgIpc) is 3.19. The Labute approximate surface area is 132 Å². The van der Waals surface area contributed by atoms with E-state index < -0.39 is 0 Å². The highest BCUT2D eigenvalue weighted by Crippen LogP contribution is 2.30. The summed E-state index contributed by atoms with van der Waals surface area (Å²) in [4.78, 5) is 25.2. The first-order valence-electron chi connectivity index (χ1n) is 8.43. The number of carbonyl (C=O) groups excluding carboxylic acids is 1. The van der Waals surface area contributed by atoms with Gasteiger partial charge in [0.2, 0.25) is 5.91 Å². The number of amides is 1. The molecule has 0 bridgehead atoms. The molecule has 2 aliphatic rings. The van der Waals surface area contributed by atoms with Crippen molar-refractivity contribution in [3.05, 3.63) is 23.8 Å². The van der Waals surface area contributed by atoms with Gasteiger partial charge in [-0.25, -0.2) is 0 Å². The van der Waals surface area contributed by atoms with Gasteiger partial charge in [0, 0.05) is 32.3 Å². The van der Waals surface area contributed by atoms with E-state index in [0.717, 1.165) is 37.3 Å². The highest BCUT2D eigenvalue weighted by Gasteiger charge is 2.29. The number of aromatic nitrogens is 2. The molecule has 0 radical (unpaired) electrons. The van der Waals surface area contributed by atoms with Gasteiger partial charge in [-0.1, -0.05) is 12.8 Å². The Bertz CT molecular complexity index is 527. The third-order valence-electron chi connectivity index (χ3n) is 5.06. The van der Waals surface area contributed by atoms with Crippen LogP contribution in [0.4, 0.5) is 0 Å². The summed E-state index contributed by atoms with van der Waals surface area (Å²) in [6.07, 6.45) is 11.0. The summed E-state index contributed by atoms with van der Waals surface area (Å²) in [6.45, 7) is 3.33. The molecule has 1 aliphatic carbocycles. The first-order chi connectivity index (χ1) is 10.6. The minimum Gasteiger partial charge on any atom is -0.334 e. The fourth-order valence-corrected chi connectivity index (χ4v) is 3.84. The number of rotatable bonds is 4. The second kappa shape index (κ2) is 6.73. The van der Waals surface area contributed by atoms with Gasteiger partial charge in [0.1, 0.15) is 0 Å². The Morgan fingerprint density at radius 2 is 2.05 bits per heavy atom. The van der Waals surface area contributed by atoms with Crippen molar-refractivity contribution in [3.8, 4) is 0 Å². The van der Waals surface area contributed by atoms with E-state index in [1.807, 2.05) is 17.3 Å². The molecule has 0 N–H and O–H groups in total. The maximum Gasteiger partial charge on any atom is 0.220 e. The van der Waals surface area contributed by atoms with Crippen LogP contribution >= 0.6 is 0 Å². The summed E-state index contributed by atoms with van der Waals surface area (Å²) in [5, 5.41) is 0. The van der Waals surface area contributed by atoms with Gasteiger partial charge in [-0.05, 0) is 32.7 Å². The molecule has 5 nitrogen and oxygen atoms in total. The van der Waals surface area contributed by atoms with E-state index in [1.54, 1.807) is 6.92 Å². The minimum absolute atomic E-state index is 0.113. The number of carbonyl (C=O) groups is 1. The topological polar surface area (TPSA) is 49.3 Å². The van der Waals surface area contributed by atoms with Crippen molar-refractivity contribution in [2.45, 2.75) is 64.1 Å². The van der Waals surface area contributed by atoms with Gasteiger partial charge >= 0.3 is 0 Å². The van der Waals surface area contributed by atoms with Gasteiger partial charge in [-0.15, -0.1) is 0 Å². The van der Waals surface area contributed by atoms with Crippen molar-refractivity contribution in [1.29, 1.82) is 0 Å². The first kappa shape index (κ1) is 15.4. The molecule has 1 amide bonds. The number of hydrogen-bond acceptors (Lipinski definition) is 4. The lowest BCUT2D eigenvalue weighted by Gasteiger charge is -2.25. The van der Waals surface area contributed by atoms with Gasteiger partial charge < -0.3 is 4.90 Å². The predicted octanol–water partition coefficient (Wildman–Crippen LogP) is 2.53. The molecule has 22 heavy (non-hydrogen) atoms. The Morgan fingerprint density at radius 3 is 2.77 bits per heavy atom. The molecule has 1 saturated heterocycles. The summed E-state index contributed by atoms with van der Waals surface area (Å²) >= 11 is 0. The Morgan fingerprint density at radius 1 is 1.27 bits per heavy atom. The zero-order valence-corrected chi connectivity index (χ0v) is 13.7. The maximum absolute atomic E-state index is 11.7. The zero-order valence-electron chi connectivity index (χ0n) is 13.7. The van der Waals surface area contributed by atoms with Crippen LogP contribution in [0.25, 0.3) is 0 Å². The fourth-order valence-electron chi connectivity index (χ4n) is 3.84. The number of likely N-dealkylation sites (tertiary alicyclic amines) is 1. The van der Waals surface area contributed by atoms with Crippen LogP contribution in [0.15, 0.2) is 12.4 Å². The van der Waals surface area contributed by atoms with E-state index >= 15 is 0 Å². The average molecular weight is 302 g/mol. The Hall–Kier alpha value is -1.49. The molecular weight excluding hydrogens is 276 g/mol. The molecule has 120 valence electrons. The van der Waals surface area contributed by atoms with Crippen LogP contribution in [0, 0.1) is 0 Å². The van der Waals surface area contributed by atoms with Crippen LogP contribution in [0.2, 0.25) is 0 Å². The minimum atomic E-state index is 0.113. The van der Waals surface area contributed by atoms with E-state index in [-0.39, 0.29) is 11.9 Å². The van der Waals surface area contributed by atoms with Crippen LogP contribution in [0.1, 0.15) is 62.9 Å². The standard InChI is InChI=1S/C17H26N4O/c1-13(22)21-9-5-8-17(21)16-11-18-10-14(19-16)12-20(2)15-6-3-4-7-15/h10-11,15,17H,3-9,12H2,1-2H3. The molecule has 1 aromatic rings. The summed E-state index contributed by atoms with van der Waals surface area (Å²) < 4.78 is 0. The lowest BCUT2D eigenvalue weighted by Crippen LogP contribution is -2.30. The quantitative estimate of drug-likeness (QED) is 0.857. The maximum atomic E-state index is 11.7. The third kappa shape index (κ3) is 3.29. The van der Waals surface area contributed by atoms with E-state index in [4.69, 9.17) is 4.98 Å². The molecule has 2 heterocycles. The second-order valence-corrected chi connectivity index (χ2v) is 6.66. The van der Waals surface area contributed by atoms with Gasteiger partial charge in [-0.2, -0.15) is 0 Å². The molecule has 1 saturated carbocycles. The molecule has 1 aliphatic heterocycles. The molecule has 1 atom stereocenters. The highest BCUT2D eigenvalue weighted by molar-refractivity contribution is 5.74. The van der Waals surface area contributed by atoms with Gasteiger partial charge in [0.25, 0.3) is 0 Å². The molecular formula is C17H26N4O. The zero-order chi connectivity index (χ0) is 15.5. The van der Waals surface area contributed by atoms with Crippen LogP contribution in [0.3, 0.4) is 0 Å². The third-order valence-corrected chi connectivity index (χ3v) is 5.06. The normalized spacial score (nSPS) is 22.7. The second-order valence-electron chi connectivity index (χ2n) is 6.66. The van der Waals surface area contributed by atoms with Crippen LogP contribution < -0.4 is 0 Å². The van der Waals surface area contributed by atoms with Crippen molar-refractivity contribution < 1.29 is 4.79 Å². The van der Waals surface area contributed by atoms with Crippen molar-refractivity contribution >= 4 is 5.91 Å². The monoisotopic (exact) mass is 302 g/mol. The lowest BCUT2D eigenvalue weighted by atomic mass is 10.1. The predicted molar refractivity (Wildman–Crippen MR) is 85.1 cm³/mol. The van der Waals surface area contributed by atoms with Crippen molar-refractivity contribution in [2.75, 3.05) is 13.6 Å². The molecule has 2 fully saturated rings. The van der Waals surface area contributed by atoms with E-state index in [0.29, 0.717) is 6.04 Å². The fraction of sp³-hybridized carbons (Fsp3) is 0.706. The SMILES string of the molecule is CC(=O)N1CCCC1c1cncc(CN(C)C2CCCC2)n1. The molecule has 0 aromatic carbocycles. The summed E-state index contributed by atoms with van der Waals surface area (Å²) in [6, 6.07) is 0.799. The summed E-state index contributed by atoms with van der Waals surface area (Å²) in [7, 11) is 2.18. The van der Waals surface area contributed by atoms with E-state index in [1.165, 1.54) is 25.7 Å². The summed E-state index contributed by atoms with van der Waals surface area (Å²) in [5.74, 6) is 0.137. The largest absolute Gasteiger partial charge is 0.334 e. The van der Waals surface area contributed by atoms with Crippen molar-refractivity contribution in [1.82, 2.24) is 19.8 Å². The van der Waals surface area contributed by atoms with Gasteiger partial charge in [0.15, 0.2) is 0 Å². The van der Waals surface area contributed by atoms with Crippen LogP contribution in [-0.2, 0) is 11.3 Å². The van der Waals surface area contributed by atoms with E-state index in [2.05, 4.69) is 16.9 Å². The van der Waals surface area contributed by atoms with Gasteiger partial charge in [0.05, 0.1) is 23.6 Å². The smallest absolute Gasteiger partial charge is 0.220 e. The lowest BCUT2D eigenvalue weighted by molar-refractivity contribution is -0.129. The first-order valence-corrected chi connectivity index (χ1v) is 8.43. The molecule has 1 aromatic heterocycles. The summed E-state index contributed by atoms with van der Waals surface area (Å²) in [5.41, 5.74) is 1.97. The molecule has 3 rings (SSSR count). The van der Waals surface area contributed by atoms with Crippen LogP contribution in [0.5, 0.6) is 0 Å². The molecule has 1 unspecified atom stereocenters. The Balaban J connectivity index is 1.70. The van der Waals surface area contributed by atoms with Crippen molar-refractivity contribution in [2.24, 2.45) is 0 Å². The van der Waals surface area contributed by atoms with Crippen LogP contribution in [-0.4, -0.2) is 45.3 Å². The Kier molecular flexibility index (Phi) is 4.71. The molecule has 5 heteroatoms. The molecule has 0 spiro atoms.